The van der Waals surface area contributed by atoms with E-state index in [-0.39, 0.29) is 6.54 Å². The van der Waals surface area contributed by atoms with Crippen molar-refractivity contribution in [3.05, 3.63) is 29.1 Å². The summed E-state index contributed by atoms with van der Waals surface area (Å²) < 4.78 is 45.9. The van der Waals surface area contributed by atoms with Crippen molar-refractivity contribution in [1.82, 2.24) is 9.88 Å². The minimum absolute atomic E-state index is 0.0233. The highest BCUT2D eigenvalue weighted by atomic mass is 19.4. The molecule has 2 heterocycles. The first-order chi connectivity index (χ1) is 11.8. The van der Waals surface area contributed by atoms with E-state index in [2.05, 4.69) is 9.72 Å². The van der Waals surface area contributed by atoms with Crippen LogP contribution in [0.1, 0.15) is 55.0 Å². The molecule has 0 saturated heterocycles. The lowest BCUT2D eigenvalue weighted by Crippen LogP contribution is -2.66. The number of pyridine rings is 1. The molecule has 138 valence electrons. The van der Waals surface area contributed by atoms with Crippen LogP contribution in [0.5, 0.6) is 0 Å². The molecule has 0 bridgehead atoms. The Bertz CT molecular complexity index is 656. The van der Waals surface area contributed by atoms with Crippen LogP contribution in [0.2, 0.25) is 0 Å². The lowest BCUT2D eigenvalue weighted by atomic mass is 9.82. The maximum Gasteiger partial charge on any atom is 0.417 e. The van der Waals surface area contributed by atoms with Gasteiger partial charge in [-0.15, -0.1) is 0 Å². The number of halogens is 3. The van der Waals surface area contributed by atoms with Crippen LogP contribution in [-0.2, 0) is 22.5 Å². The van der Waals surface area contributed by atoms with Crippen LogP contribution in [0.25, 0.3) is 0 Å². The second-order valence-corrected chi connectivity index (χ2v) is 7.06. The Balaban J connectivity index is 1.96. The summed E-state index contributed by atoms with van der Waals surface area (Å²) in [7, 11) is 2.30. The van der Waals surface area contributed by atoms with Crippen molar-refractivity contribution in [2.45, 2.75) is 62.7 Å². The summed E-state index contributed by atoms with van der Waals surface area (Å²) in [6.45, 7) is -0.0233. The summed E-state index contributed by atoms with van der Waals surface area (Å²) in [6, 6.07) is 3.54. The molecule has 7 heteroatoms. The van der Waals surface area contributed by atoms with Gasteiger partial charge in [0.1, 0.15) is 0 Å². The van der Waals surface area contributed by atoms with Gasteiger partial charge in [0.2, 0.25) is 5.54 Å². The van der Waals surface area contributed by atoms with Gasteiger partial charge in [-0.2, -0.15) is 13.2 Å². The summed E-state index contributed by atoms with van der Waals surface area (Å²) in [5.41, 5.74) is -0.581. The fourth-order valence-electron chi connectivity index (χ4n) is 4.07. The van der Waals surface area contributed by atoms with Gasteiger partial charge in [-0.1, -0.05) is 25.3 Å². The van der Waals surface area contributed by atoms with E-state index in [0.29, 0.717) is 17.2 Å². The molecule has 1 aromatic rings. The Morgan fingerprint density at radius 3 is 2.56 bits per heavy atom. The van der Waals surface area contributed by atoms with Gasteiger partial charge in [0.15, 0.2) is 0 Å². The highest BCUT2D eigenvalue weighted by Gasteiger charge is 2.65. The van der Waals surface area contributed by atoms with E-state index in [1.807, 2.05) is 6.07 Å². The number of ether oxygens (including phenoxy) is 1. The number of esters is 1. The van der Waals surface area contributed by atoms with E-state index in [1.54, 1.807) is 6.07 Å². The van der Waals surface area contributed by atoms with E-state index in [4.69, 9.17) is 0 Å². The first kappa shape index (κ1) is 18.2. The average molecular weight is 356 g/mol. The Labute approximate surface area is 145 Å². The number of likely N-dealkylation sites (N-methyl/N-ethyl adjacent to an activating group) is 1. The van der Waals surface area contributed by atoms with E-state index in [1.165, 1.54) is 26.3 Å². The summed E-state index contributed by atoms with van der Waals surface area (Å²) in [6.07, 6.45) is 0.539. The van der Waals surface area contributed by atoms with Crippen LogP contribution in [0, 0.1) is 0 Å². The van der Waals surface area contributed by atoms with Crippen molar-refractivity contribution in [2.24, 2.45) is 0 Å². The molecule has 0 amide bonds. The number of rotatable bonds is 2. The first-order valence-electron chi connectivity index (χ1n) is 8.64. The van der Waals surface area contributed by atoms with Crippen molar-refractivity contribution in [3.8, 4) is 0 Å². The summed E-state index contributed by atoms with van der Waals surface area (Å²) in [5.74, 6) is -0.885. The van der Waals surface area contributed by atoms with Gasteiger partial charge in [-0.3, -0.25) is 9.88 Å². The second-order valence-electron chi connectivity index (χ2n) is 7.06. The highest BCUT2D eigenvalue weighted by molar-refractivity contribution is 5.83. The molecule has 0 aromatic carbocycles. The second kappa shape index (κ2) is 6.59. The molecule has 0 radical (unpaired) electrons. The number of fused-ring (bicyclic) bond motifs is 1. The maximum atomic E-state index is 13.8. The molecule has 1 aromatic heterocycles. The molecule has 1 aliphatic heterocycles. The number of carbonyl (C=O) groups excluding carboxylic acids is 1. The Morgan fingerprint density at radius 1 is 1.28 bits per heavy atom. The number of aromatic nitrogens is 1. The molecule has 0 spiro atoms. The summed E-state index contributed by atoms with van der Waals surface area (Å²) in [4.78, 5) is 17.8. The van der Waals surface area contributed by atoms with Crippen molar-refractivity contribution < 1.29 is 22.7 Å². The van der Waals surface area contributed by atoms with Crippen LogP contribution < -0.4 is 0 Å². The number of methoxy groups -OCH3 is 1. The normalized spacial score (nSPS) is 25.5. The number of nitrogens with zero attached hydrogens (tertiary/aromatic N) is 2. The van der Waals surface area contributed by atoms with Crippen LogP contribution in [-0.4, -0.2) is 41.7 Å². The molecule has 0 N–H and O–H groups in total. The molecule has 3 rings (SSSR count). The van der Waals surface area contributed by atoms with Crippen LogP contribution in [0.15, 0.2) is 12.1 Å². The van der Waals surface area contributed by atoms with Crippen molar-refractivity contribution in [3.63, 3.8) is 0 Å². The van der Waals surface area contributed by atoms with Gasteiger partial charge in [0, 0.05) is 24.6 Å². The lowest BCUT2D eigenvalue weighted by Gasteiger charge is -2.43. The first-order valence-corrected chi connectivity index (χ1v) is 8.64. The number of hydrogen-bond donors (Lipinski definition) is 0. The van der Waals surface area contributed by atoms with Crippen LogP contribution in [0.4, 0.5) is 13.2 Å². The molecule has 1 atom stereocenters. The lowest BCUT2D eigenvalue weighted by molar-refractivity contribution is -0.240. The largest absolute Gasteiger partial charge is 0.467 e. The monoisotopic (exact) mass is 356 g/mol. The predicted octanol–water partition coefficient (Wildman–Crippen LogP) is 3.59. The van der Waals surface area contributed by atoms with Gasteiger partial charge in [-0.25, -0.2) is 4.79 Å². The Kier molecular flexibility index (Phi) is 4.79. The molecule has 2 aliphatic rings. The quantitative estimate of drug-likeness (QED) is 0.760. The van der Waals surface area contributed by atoms with Crippen molar-refractivity contribution in [1.29, 1.82) is 0 Å². The number of alkyl halides is 3. The Morgan fingerprint density at radius 2 is 1.96 bits per heavy atom. The molecular weight excluding hydrogens is 333 g/mol. The summed E-state index contributed by atoms with van der Waals surface area (Å²) >= 11 is 0. The van der Waals surface area contributed by atoms with Crippen molar-refractivity contribution >= 4 is 5.97 Å². The number of hydrogen-bond acceptors (Lipinski definition) is 4. The number of carbonyl (C=O) groups is 1. The third kappa shape index (κ3) is 3.03. The standard InChI is InChI=1S/C18H23F3N2O2/c1-23-11-15-13(10-17(23,16(24)25-2)18(19,20)21)8-9-14(22-15)12-6-4-3-5-7-12/h8-9,12H,3-7,10-11H2,1-2H3. The molecular formula is C18H23F3N2O2. The van der Waals surface area contributed by atoms with Gasteiger partial charge in [0.05, 0.1) is 12.8 Å². The van der Waals surface area contributed by atoms with Crippen LogP contribution >= 0.6 is 0 Å². The van der Waals surface area contributed by atoms with E-state index < -0.39 is 24.1 Å². The molecule has 1 unspecified atom stereocenters. The minimum atomic E-state index is -4.73. The third-order valence-electron chi connectivity index (χ3n) is 5.59. The topological polar surface area (TPSA) is 42.4 Å². The smallest absolute Gasteiger partial charge is 0.417 e. The van der Waals surface area contributed by atoms with E-state index in [0.717, 1.165) is 30.5 Å². The van der Waals surface area contributed by atoms with Crippen molar-refractivity contribution in [2.75, 3.05) is 14.2 Å². The summed E-state index contributed by atoms with van der Waals surface area (Å²) in [5, 5.41) is 0. The molecule has 4 nitrogen and oxygen atoms in total. The third-order valence-corrected chi connectivity index (χ3v) is 5.59. The Hall–Kier alpha value is -1.63. The average Bonchev–Trinajstić information content (AvgIpc) is 2.59. The van der Waals surface area contributed by atoms with Crippen LogP contribution in [0.3, 0.4) is 0 Å². The van der Waals surface area contributed by atoms with E-state index in [9.17, 15) is 18.0 Å². The maximum absolute atomic E-state index is 13.8. The fraction of sp³-hybridized carbons (Fsp3) is 0.667. The minimum Gasteiger partial charge on any atom is -0.467 e. The SMILES string of the molecule is COC(=O)C1(C(F)(F)F)Cc2ccc(C3CCCCC3)nc2CN1C. The molecule has 25 heavy (non-hydrogen) atoms. The van der Waals surface area contributed by atoms with Gasteiger partial charge in [0.25, 0.3) is 0 Å². The van der Waals surface area contributed by atoms with Gasteiger partial charge < -0.3 is 4.74 Å². The molecule has 1 fully saturated rings. The molecule has 1 saturated carbocycles. The zero-order chi connectivity index (χ0) is 18.2. The zero-order valence-electron chi connectivity index (χ0n) is 14.5. The molecule has 1 aliphatic carbocycles. The van der Waals surface area contributed by atoms with Gasteiger partial charge in [-0.05, 0) is 31.5 Å². The zero-order valence-corrected chi connectivity index (χ0v) is 14.5. The fourth-order valence-corrected chi connectivity index (χ4v) is 4.07. The van der Waals surface area contributed by atoms with E-state index >= 15 is 0 Å². The predicted molar refractivity (Wildman–Crippen MR) is 86.0 cm³/mol. The van der Waals surface area contributed by atoms with Gasteiger partial charge >= 0.3 is 12.1 Å². The highest BCUT2D eigenvalue weighted by Crippen LogP contribution is 2.43.